The van der Waals surface area contributed by atoms with Crippen LogP contribution in [-0.4, -0.2) is 43.7 Å². The van der Waals surface area contributed by atoms with E-state index >= 15 is 0 Å². The van der Waals surface area contributed by atoms with Crippen LogP contribution in [0.3, 0.4) is 0 Å². The smallest absolute Gasteiger partial charge is 0.193 e. The first-order valence-electron chi connectivity index (χ1n) is 6.89. The fourth-order valence-corrected chi connectivity index (χ4v) is 2.87. The van der Waals surface area contributed by atoms with Crippen LogP contribution < -0.4 is 5.32 Å². The van der Waals surface area contributed by atoms with Crippen molar-refractivity contribution >= 4 is 5.96 Å². The molecule has 1 heterocycles. The van der Waals surface area contributed by atoms with E-state index in [4.69, 9.17) is 0 Å². The molecule has 3 nitrogen and oxygen atoms in total. The highest BCUT2D eigenvalue weighted by atomic mass is 19.1. The van der Waals surface area contributed by atoms with Crippen molar-refractivity contribution in [1.82, 2.24) is 10.2 Å². The van der Waals surface area contributed by atoms with E-state index in [1.165, 1.54) is 25.7 Å². The molecule has 2 rings (SSSR count). The molecule has 4 heteroatoms. The first kappa shape index (κ1) is 12.7. The van der Waals surface area contributed by atoms with Crippen molar-refractivity contribution in [2.75, 3.05) is 32.9 Å². The lowest BCUT2D eigenvalue weighted by Gasteiger charge is -2.38. The summed E-state index contributed by atoms with van der Waals surface area (Å²) < 4.78 is 12.1. The number of likely N-dealkylation sites (tertiary alicyclic amines) is 1. The lowest BCUT2D eigenvalue weighted by Crippen LogP contribution is -2.42. The van der Waals surface area contributed by atoms with Crippen molar-refractivity contribution in [3.8, 4) is 0 Å². The zero-order valence-electron chi connectivity index (χ0n) is 10.8. The van der Waals surface area contributed by atoms with E-state index in [0.717, 1.165) is 25.6 Å². The van der Waals surface area contributed by atoms with Crippen molar-refractivity contribution in [3.63, 3.8) is 0 Å². The van der Waals surface area contributed by atoms with E-state index < -0.39 is 0 Å². The van der Waals surface area contributed by atoms with Crippen LogP contribution in [0.15, 0.2) is 4.99 Å². The summed E-state index contributed by atoms with van der Waals surface area (Å²) in [5.41, 5.74) is 0.594. The Morgan fingerprint density at radius 3 is 2.76 bits per heavy atom. The van der Waals surface area contributed by atoms with Gasteiger partial charge in [0, 0.05) is 26.2 Å². The highest BCUT2D eigenvalue weighted by Crippen LogP contribution is 2.47. The normalized spacial score (nSPS) is 22.9. The predicted octanol–water partition coefficient (Wildman–Crippen LogP) is 2.19. The molecule has 1 saturated heterocycles. The molecule has 0 amide bonds. The Balaban J connectivity index is 1.89. The molecule has 0 aromatic heterocycles. The Hall–Kier alpha value is -0.800. The van der Waals surface area contributed by atoms with Gasteiger partial charge in [-0.1, -0.05) is 6.42 Å². The van der Waals surface area contributed by atoms with Gasteiger partial charge in [0.2, 0.25) is 0 Å². The molecule has 1 aliphatic carbocycles. The lowest BCUT2D eigenvalue weighted by molar-refractivity contribution is 0.151. The average Bonchev–Trinajstić information content (AvgIpc) is 2.73. The van der Waals surface area contributed by atoms with Gasteiger partial charge >= 0.3 is 0 Å². The third kappa shape index (κ3) is 2.90. The first-order valence-corrected chi connectivity index (χ1v) is 6.89. The molecule has 0 unspecified atom stereocenters. The Morgan fingerprint density at radius 1 is 1.41 bits per heavy atom. The first-order chi connectivity index (χ1) is 8.29. The zero-order valence-corrected chi connectivity index (χ0v) is 10.8. The summed E-state index contributed by atoms with van der Waals surface area (Å²) in [5.74, 6) is 0.990. The quantitative estimate of drug-likeness (QED) is 0.464. The topological polar surface area (TPSA) is 27.6 Å². The molecule has 1 spiro atoms. The van der Waals surface area contributed by atoms with Gasteiger partial charge in [0.1, 0.15) is 0 Å². The minimum Gasteiger partial charge on any atom is -0.357 e. The molecule has 0 aromatic carbocycles. The highest BCUT2D eigenvalue weighted by molar-refractivity contribution is 5.80. The number of nitrogens with one attached hydrogen (secondary N) is 1. The summed E-state index contributed by atoms with van der Waals surface area (Å²) in [4.78, 5) is 6.86. The molecule has 2 fully saturated rings. The summed E-state index contributed by atoms with van der Waals surface area (Å²) in [6.07, 6.45) is 6.00. The molecule has 1 aliphatic heterocycles. The molecular weight excluding hydrogens is 217 g/mol. The van der Waals surface area contributed by atoms with Gasteiger partial charge in [0.05, 0.1) is 6.67 Å². The van der Waals surface area contributed by atoms with Gasteiger partial charge in [-0.25, -0.2) is 0 Å². The molecule has 1 N–H and O–H groups in total. The molecule has 0 atom stereocenters. The highest BCUT2D eigenvalue weighted by Gasteiger charge is 2.43. The van der Waals surface area contributed by atoms with Crippen molar-refractivity contribution in [2.45, 2.75) is 39.0 Å². The monoisotopic (exact) mass is 241 g/mol. The number of hydrogen-bond acceptors (Lipinski definition) is 1. The SMILES string of the molecule is CCNC(=NCCCF)N1CCC2(CCC2)C1. The van der Waals surface area contributed by atoms with Gasteiger partial charge in [0.25, 0.3) is 0 Å². The van der Waals surface area contributed by atoms with Crippen molar-refractivity contribution < 1.29 is 4.39 Å². The number of nitrogens with zero attached hydrogens (tertiary/aromatic N) is 2. The summed E-state index contributed by atoms with van der Waals surface area (Å²) in [7, 11) is 0. The Bertz CT molecular complexity index is 274. The largest absolute Gasteiger partial charge is 0.357 e. The minimum atomic E-state index is -0.271. The second-order valence-corrected chi connectivity index (χ2v) is 5.30. The van der Waals surface area contributed by atoms with Crippen LogP contribution in [-0.2, 0) is 0 Å². The van der Waals surface area contributed by atoms with Gasteiger partial charge in [-0.15, -0.1) is 0 Å². The fraction of sp³-hybridized carbons (Fsp3) is 0.923. The number of halogens is 1. The van der Waals surface area contributed by atoms with Crippen LogP contribution in [0.25, 0.3) is 0 Å². The summed E-state index contributed by atoms with van der Waals surface area (Å²) >= 11 is 0. The van der Waals surface area contributed by atoms with Gasteiger partial charge in [-0.2, -0.15) is 0 Å². The average molecular weight is 241 g/mol. The Kier molecular flexibility index (Phi) is 4.24. The van der Waals surface area contributed by atoms with Crippen LogP contribution in [0.1, 0.15) is 39.0 Å². The Morgan fingerprint density at radius 2 is 2.24 bits per heavy atom. The molecule has 98 valence electrons. The van der Waals surface area contributed by atoms with Gasteiger partial charge in [-0.3, -0.25) is 9.38 Å². The molecule has 17 heavy (non-hydrogen) atoms. The molecule has 0 aromatic rings. The summed E-state index contributed by atoms with van der Waals surface area (Å²) in [5, 5.41) is 3.32. The zero-order chi connectivity index (χ0) is 12.1. The molecule has 1 saturated carbocycles. The summed E-state index contributed by atoms with van der Waals surface area (Å²) in [6.45, 7) is 5.56. The molecular formula is C13H24FN3. The summed E-state index contributed by atoms with van der Waals surface area (Å²) in [6, 6.07) is 0. The Labute approximate surface area is 103 Å². The van der Waals surface area contributed by atoms with E-state index in [-0.39, 0.29) is 6.67 Å². The van der Waals surface area contributed by atoms with Crippen LogP contribution >= 0.6 is 0 Å². The third-order valence-electron chi connectivity index (χ3n) is 4.04. The van der Waals surface area contributed by atoms with Gasteiger partial charge in [-0.05, 0) is 38.0 Å². The third-order valence-corrected chi connectivity index (χ3v) is 4.04. The van der Waals surface area contributed by atoms with Gasteiger partial charge < -0.3 is 10.2 Å². The minimum absolute atomic E-state index is 0.271. The number of aliphatic imine (C=N–C) groups is 1. The van der Waals surface area contributed by atoms with Crippen molar-refractivity contribution in [3.05, 3.63) is 0 Å². The van der Waals surface area contributed by atoms with E-state index in [1.54, 1.807) is 0 Å². The maximum atomic E-state index is 12.1. The standard InChI is InChI=1S/C13H24FN3/c1-2-15-12(16-9-4-8-14)17-10-7-13(11-17)5-3-6-13/h2-11H2,1H3,(H,15,16). The lowest BCUT2D eigenvalue weighted by atomic mass is 9.68. The molecule has 0 radical (unpaired) electrons. The van der Waals surface area contributed by atoms with Crippen LogP contribution in [0, 0.1) is 5.41 Å². The molecule has 2 aliphatic rings. The van der Waals surface area contributed by atoms with E-state index in [0.29, 0.717) is 18.4 Å². The van der Waals surface area contributed by atoms with Crippen LogP contribution in [0.4, 0.5) is 4.39 Å². The van der Waals surface area contributed by atoms with Crippen LogP contribution in [0.5, 0.6) is 0 Å². The predicted molar refractivity (Wildman–Crippen MR) is 69.0 cm³/mol. The van der Waals surface area contributed by atoms with Gasteiger partial charge in [0.15, 0.2) is 5.96 Å². The second-order valence-electron chi connectivity index (χ2n) is 5.30. The van der Waals surface area contributed by atoms with E-state index in [2.05, 4.69) is 22.1 Å². The number of guanidine groups is 1. The van der Waals surface area contributed by atoms with Crippen molar-refractivity contribution in [2.24, 2.45) is 10.4 Å². The number of alkyl halides is 1. The molecule has 0 bridgehead atoms. The van der Waals surface area contributed by atoms with E-state index in [9.17, 15) is 4.39 Å². The number of hydrogen-bond donors (Lipinski definition) is 1. The van der Waals surface area contributed by atoms with Crippen molar-refractivity contribution in [1.29, 1.82) is 0 Å². The number of rotatable bonds is 4. The maximum absolute atomic E-state index is 12.1. The maximum Gasteiger partial charge on any atom is 0.193 e. The van der Waals surface area contributed by atoms with Crippen LogP contribution in [0.2, 0.25) is 0 Å². The fourth-order valence-electron chi connectivity index (χ4n) is 2.87. The van der Waals surface area contributed by atoms with E-state index in [1.807, 2.05) is 0 Å². The second kappa shape index (κ2) is 5.69.